The molecule has 140 valence electrons. The number of anilines is 1. The van der Waals surface area contributed by atoms with E-state index in [9.17, 15) is 4.79 Å². The second-order valence-corrected chi connectivity index (χ2v) is 7.50. The van der Waals surface area contributed by atoms with Gasteiger partial charge in [-0.2, -0.15) is 0 Å². The van der Waals surface area contributed by atoms with Gasteiger partial charge in [-0.1, -0.05) is 40.0 Å². The van der Waals surface area contributed by atoms with Gasteiger partial charge >= 0.3 is 0 Å². The van der Waals surface area contributed by atoms with E-state index in [1.165, 1.54) is 6.07 Å². The Hall–Kier alpha value is -1.31. The number of rotatable bonds is 5. The van der Waals surface area contributed by atoms with Gasteiger partial charge in [-0.3, -0.25) is 14.6 Å². The third-order valence-electron chi connectivity index (χ3n) is 4.18. The van der Waals surface area contributed by atoms with Crippen LogP contribution in [-0.4, -0.2) is 53.6 Å². The van der Waals surface area contributed by atoms with Crippen LogP contribution in [0.2, 0.25) is 15.1 Å². The molecule has 2 heterocycles. The third kappa shape index (κ3) is 5.11. The molecule has 0 atom stereocenters. The number of benzene rings is 1. The molecule has 3 rings (SSSR count). The fourth-order valence-corrected chi connectivity index (χ4v) is 3.43. The van der Waals surface area contributed by atoms with Crippen LogP contribution in [0, 0.1) is 6.92 Å². The minimum absolute atomic E-state index is 0.133. The van der Waals surface area contributed by atoms with Crippen LogP contribution in [0.5, 0.6) is 0 Å². The molecule has 1 aromatic heterocycles. The first kappa shape index (κ1) is 19.5. The van der Waals surface area contributed by atoms with Gasteiger partial charge < -0.3 is 9.84 Å². The highest BCUT2D eigenvalue weighted by Gasteiger charge is 2.20. The molecule has 2 aromatic rings. The van der Waals surface area contributed by atoms with Gasteiger partial charge in [0.2, 0.25) is 5.91 Å². The number of hydrogen-bond acceptors (Lipinski definition) is 5. The molecule has 0 saturated carbocycles. The highest BCUT2D eigenvalue weighted by Crippen LogP contribution is 2.32. The summed E-state index contributed by atoms with van der Waals surface area (Å²) >= 11 is 18.0. The van der Waals surface area contributed by atoms with Crippen molar-refractivity contribution < 1.29 is 9.32 Å². The number of carbonyl (C=O) groups excluding carboxylic acids is 1. The van der Waals surface area contributed by atoms with E-state index in [1.54, 1.807) is 6.07 Å². The van der Waals surface area contributed by atoms with Crippen LogP contribution in [0.3, 0.4) is 0 Å². The maximum Gasteiger partial charge on any atom is 0.238 e. The maximum absolute atomic E-state index is 12.3. The largest absolute Gasteiger partial charge is 0.361 e. The van der Waals surface area contributed by atoms with Gasteiger partial charge in [0.1, 0.15) is 5.76 Å². The van der Waals surface area contributed by atoms with Crippen LogP contribution >= 0.6 is 34.8 Å². The van der Waals surface area contributed by atoms with Crippen molar-refractivity contribution in [1.29, 1.82) is 0 Å². The van der Waals surface area contributed by atoms with E-state index in [-0.39, 0.29) is 5.91 Å². The molecule has 1 aliphatic heterocycles. The highest BCUT2D eigenvalue weighted by atomic mass is 35.5. The zero-order chi connectivity index (χ0) is 18.7. The average molecular weight is 418 g/mol. The number of halogens is 3. The third-order valence-corrected chi connectivity index (χ3v) is 5.21. The molecule has 1 amide bonds. The van der Waals surface area contributed by atoms with Gasteiger partial charge in [-0.05, 0) is 19.1 Å². The number of piperazine rings is 1. The molecule has 26 heavy (non-hydrogen) atoms. The van der Waals surface area contributed by atoms with Crippen LogP contribution in [0.25, 0.3) is 0 Å². The predicted octanol–water partition coefficient (Wildman–Crippen LogP) is 3.70. The lowest BCUT2D eigenvalue weighted by molar-refractivity contribution is -0.117. The number of carbonyl (C=O) groups is 1. The lowest BCUT2D eigenvalue weighted by Crippen LogP contribution is -2.48. The number of aryl methyl sites for hydroxylation is 1. The van der Waals surface area contributed by atoms with Crippen molar-refractivity contribution in [2.45, 2.75) is 13.5 Å². The van der Waals surface area contributed by atoms with Crippen LogP contribution in [0.1, 0.15) is 11.5 Å². The molecule has 0 spiro atoms. The molecule has 9 heteroatoms. The molecule has 1 aromatic carbocycles. The first-order valence-electron chi connectivity index (χ1n) is 8.22. The Balaban J connectivity index is 1.47. The maximum atomic E-state index is 12.3. The van der Waals surface area contributed by atoms with E-state index >= 15 is 0 Å². The SMILES string of the molecule is Cc1cc(CN2CCN(CC(=O)Nc3cc(Cl)c(Cl)cc3Cl)CC2)no1. The molecule has 1 saturated heterocycles. The average Bonchev–Trinajstić information content (AvgIpc) is 2.99. The lowest BCUT2D eigenvalue weighted by atomic mass is 10.2. The molecule has 1 N–H and O–H groups in total. The van der Waals surface area contributed by atoms with Gasteiger partial charge in [0, 0.05) is 38.8 Å². The van der Waals surface area contributed by atoms with Crippen LogP contribution in [0.15, 0.2) is 22.7 Å². The quantitative estimate of drug-likeness (QED) is 0.752. The molecule has 0 bridgehead atoms. The van der Waals surface area contributed by atoms with Gasteiger partial charge in [-0.25, -0.2) is 0 Å². The molecule has 1 aliphatic rings. The van der Waals surface area contributed by atoms with Crippen molar-refractivity contribution in [3.63, 3.8) is 0 Å². The minimum atomic E-state index is -0.133. The molecule has 1 fully saturated rings. The highest BCUT2D eigenvalue weighted by molar-refractivity contribution is 6.44. The Morgan fingerprint density at radius 2 is 1.73 bits per heavy atom. The molecular weight excluding hydrogens is 399 g/mol. The smallest absolute Gasteiger partial charge is 0.238 e. The van der Waals surface area contributed by atoms with Crippen molar-refractivity contribution >= 4 is 46.4 Å². The van der Waals surface area contributed by atoms with Crippen molar-refractivity contribution in [3.8, 4) is 0 Å². The van der Waals surface area contributed by atoms with Gasteiger partial charge in [0.05, 0.1) is 33.0 Å². The van der Waals surface area contributed by atoms with Crippen LogP contribution in [0.4, 0.5) is 5.69 Å². The van der Waals surface area contributed by atoms with Gasteiger partial charge in [-0.15, -0.1) is 0 Å². The number of hydrogen-bond donors (Lipinski definition) is 1. The first-order chi connectivity index (χ1) is 12.4. The number of amides is 1. The second kappa shape index (κ2) is 8.59. The van der Waals surface area contributed by atoms with Crippen molar-refractivity contribution in [2.75, 3.05) is 38.0 Å². The second-order valence-electron chi connectivity index (χ2n) is 6.28. The van der Waals surface area contributed by atoms with Crippen LogP contribution < -0.4 is 5.32 Å². The number of aromatic nitrogens is 1. The van der Waals surface area contributed by atoms with Crippen LogP contribution in [-0.2, 0) is 11.3 Å². The van der Waals surface area contributed by atoms with E-state index in [4.69, 9.17) is 39.3 Å². The fraction of sp³-hybridized carbons (Fsp3) is 0.412. The number of nitrogens with one attached hydrogen (secondary N) is 1. The Morgan fingerprint density at radius 3 is 2.38 bits per heavy atom. The molecule has 0 radical (unpaired) electrons. The standard InChI is InChI=1S/C17H19Cl3N4O2/c1-11-6-12(22-26-11)9-23-2-4-24(5-3-23)10-17(25)21-16-8-14(19)13(18)7-15(16)20/h6-8H,2-5,9-10H2,1H3,(H,21,25). The zero-order valence-corrected chi connectivity index (χ0v) is 16.5. The Morgan fingerprint density at radius 1 is 1.08 bits per heavy atom. The Kier molecular flexibility index (Phi) is 6.42. The fourth-order valence-electron chi connectivity index (χ4n) is 2.84. The summed E-state index contributed by atoms with van der Waals surface area (Å²) in [6.45, 7) is 6.29. The van der Waals surface area contributed by atoms with Gasteiger partial charge in [0.25, 0.3) is 0 Å². The Labute approximate surface area is 167 Å². The molecular formula is C17H19Cl3N4O2. The van der Waals surface area contributed by atoms with Crippen molar-refractivity contribution in [2.24, 2.45) is 0 Å². The van der Waals surface area contributed by atoms with E-state index in [0.29, 0.717) is 27.3 Å². The van der Waals surface area contributed by atoms with E-state index in [1.807, 2.05) is 13.0 Å². The summed E-state index contributed by atoms with van der Waals surface area (Å²) in [4.78, 5) is 16.7. The normalized spacial score (nSPS) is 16.0. The monoisotopic (exact) mass is 416 g/mol. The molecule has 6 nitrogen and oxygen atoms in total. The summed E-state index contributed by atoms with van der Waals surface area (Å²) in [5.41, 5.74) is 1.40. The van der Waals surface area contributed by atoms with Crippen molar-refractivity contribution in [1.82, 2.24) is 15.0 Å². The Bertz CT molecular complexity index is 788. The predicted molar refractivity (Wildman–Crippen MR) is 103 cm³/mol. The van der Waals surface area contributed by atoms with E-state index in [2.05, 4.69) is 20.3 Å². The summed E-state index contributed by atoms with van der Waals surface area (Å²) < 4.78 is 5.09. The van der Waals surface area contributed by atoms with E-state index in [0.717, 1.165) is 44.2 Å². The summed E-state index contributed by atoms with van der Waals surface area (Å²) in [5, 5.41) is 7.87. The topological polar surface area (TPSA) is 61.6 Å². The first-order valence-corrected chi connectivity index (χ1v) is 9.35. The minimum Gasteiger partial charge on any atom is -0.361 e. The molecule has 0 unspecified atom stereocenters. The summed E-state index contributed by atoms with van der Waals surface area (Å²) in [6, 6.07) is 5.02. The molecule has 0 aliphatic carbocycles. The zero-order valence-electron chi connectivity index (χ0n) is 14.3. The van der Waals surface area contributed by atoms with Gasteiger partial charge in [0.15, 0.2) is 0 Å². The van der Waals surface area contributed by atoms with E-state index < -0.39 is 0 Å². The summed E-state index contributed by atoms with van der Waals surface area (Å²) in [6.07, 6.45) is 0. The lowest BCUT2D eigenvalue weighted by Gasteiger charge is -2.33. The van der Waals surface area contributed by atoms with Crippen molar-refractivity contribution in [3.05, 3.63) is 44.7 Å². The summed E-state index contributed by atoms with van der Waals surface area (Å²) in [5.74, 6) is 0.683. The summed E-state index contributed by atoms with van der Waals surface area (Å²) in [7, 11) is 0. The number of nitrogens with zero attached hydrogens (tertiary/aromatic N) is 3.